The third kappa shape index (κ3) is 3.50. The molecule has 2 heterocycles. The van der Waals surface area contributed by atoms with Crippen molar-refractivity contribution in [1.29, 1.82) is 0 Å². The Morgan fingerprint density at radius 2 is 2.04 bits per heavy atom. The van der Waals surface area contributed by atoms with E-state index >= 15 is 0 Å². The summed E-state index contributed by atoms with van der Waals surface area (Å²) in [6.45, 7) is 4.48. The van der Waals surface area contributed by atoms with Crippen LogP contribution in [0.3, 0.4) is 0 Å². The average molecular weight is 343 g/mol. The Hall–Kier alpha value is -2.83. The molecule has 1 atom stereocenters. The number of likely N-dealkylation sites (tertiary alicyclic amines) is 1. The number of carbonyl (C=O) groups excluding carboxylic acids is 1. The van der Waals surface area contributed by atoms with Crippen LogP contribution < -0.4 is 0 Å². The Morgan fingerprint density at radius 3 is 2.68 bits per heavy atom. The number of hydrogen-bond acceptors (Lipinski definition) is 4. The minimum absolute atomic E-state index is 0.0118. The van der Waals surface area contributed by atoms with Gasteiger partial charge in [-0.15, -0.1) is 0 Å². The summed E-state index contributed by atoms with van der Waals surface area (Å²) in [5, 5.41) is 9.35. The van der Waals surface area contributed by atoms with Gasteiger partial charge in [-0.3, -0.25) is 4.79 Å². The molecule has 0 bridgehead atoms. The average Bonchev–Trinajstić information content (AvgIpc) is 3.04. The van der Waals surface area contributed by atoms with E-state index in [0.717, 1.165) is 18.2 Å². The van der Waals surface area contributed by atoms with E-state index in [4.69, 9.17) is 0 Å². The van der Waals surface area contributed by atoms with Gasteiger partial charge in [0.1, 0.15) is 11.6 Å². The fourth-order valence-electron chi connectivity index (χ4n) is 3.14. The Balaban J connectivity index is 2.03. The van der Waals surface area contributed by atoms with Gasteiger partial charge in [-0.05, 0) is 37.6 Å². The van der Waals surface area contributed by atoms with Crippen molar-refractivity contribution in [3.63, 3.8) is 0 Å². The van der Waals surface area contributed by atoms with Gasteiger partial charge in [-0.1, -0.05) is 0 Å². The summed E-state index contributed by atoms with van der Waals surface area (Å²) in [7, 11) is 0. The second-order valence-corrected chi connectivity index (χ2v) is 6.17. The molecule has 2 aromatic rings. The third-order valence-corrected chi connectivity index (χ3v) is 4.40. The first-order valence-corrected chi connectivity index (χ1v) is 7.99. The topological polar surface area (TPSA) is 83.4 Å². The highest BCUT2D eigenvalue weighted by Crippen LogP contribution is 2.30. The maximum Gasteiger partial charge on any atom is 0.336 e. The van der Waals surface area contributed by atoms with Gasteiger partial charge in [0.2, 0.25) is 5.91 Å². The van der Waals surface area contributed by atoms with Crippen molar-refractivity contribution in [1.82, 2.24) is 14.9 Å². The third-order valence-electron chi connectivity index (χ3n) is 4.40. The molecule has 3 rings (SSSR count). The monoisotopic (exact) mass is 343 g/mol. The maximum absolute atomic E-state index is 13.7. The minimum Gasteiger partial charge on any atom is -0.478 e. The molecule has 0 aliphatic carbocycles. The number of halogens is 1. The van der Waals surface area contributed by atoms with Crippen molar-refractivity contribution >= 4 is 11.9 Å². The fourth-order valence-corrected chi connectivity index (χ4v) is 3.14. The molecule has 1 fully saturated rings. The van der Waals surface area contributed by atoms with Crippen LogP contribution in [-0.2, 0) is 4.79 Å². The number of benzene rings is 1. The van der Waals surface area contributed by atoms with Gasteiger partial charge in [-0.25, -0.2) is 19.2 Å². The van der Waals surface area contributed by atoms with Crippen molar-refractivity contribution in [2.75, 3.05) is 13.1 Å². The summed E-state index contributed by atoms with van der Waals surface area (Å²) in [5.41, 5.74) is 1.33. The number of nitrogens with zero attached hydrogens (tertiary/aromatic N) is 3. The van der Waals surface area contributed by atoms with E-state index in [0.29, 0.717) is 24.6 Å². The van der Waals surface area contributed by atoms with Crippen molar-refractivity contribution in [2.24, 2.45) is 0 Å². The summed E-state index contributed by atoms with van der Waals surface area (Å²) >= 11 is 0. The molecule has 130 valence electrons. The van der Waals surface area contributed by atoms with Crippen LogP contribution in [-0.4, -0.2) is 44.9 Å². The van der Waals surface area contributed by atoms with Crippen LogP contribution in [0.5, 0.6) is 0 Å². The molecule has 1 aliphatic heterocycles. The largest absolute Gasteiger partial charge is 0.478 e. The number of aromatic nitrogens is 2. The van der Waals surface area contributed by atoms with E-state index < -0.39 is 11.8 Å². The zero-order valence-electron chi connectivity index (χ0n) is 14.0. The van der Waals surface area contributed by atoms with E-state index in [1.165, 1.54) is 19.1 Å². The van der Waals surface area contributed by atoms with Gasteiger partial charge in [-0.2, -0.15) is 0 Å². The molecule has 0 spiro atoms. The quantitative estimate of drug-likeness (QED) is 0.926. The van der Waals surface area contributed by atoms with Crippen LogP contribution >= 0.6 is 0 Å². The van der Waals surface area contributed by atoms with Crippen LogP contribution in [0.25, 0.3) is 11.3 Å². The number of aryl methyl sites for hydroxylation is 1. The molecular weight excluding hydrogens is 325 g/mol. The van der Waals surface area contributed by atoms with Gasteiger partial charge >= 0.3 is 5.97 Å². The van der Waals surface area contributed by atoms with Crippen molar-refractivity contribution in [3.8, 4) is 11.3 Å². The zero-order chi connectivity index (χ0) is 18.1. The Labute approximate surface area is 144 Å². The predicted molar refractivity (Wildman–Crippen MR) is 88.7 cm³/mol. The van der Waals surface area contributed by atoms with Gasteiger partial charge in [0.15, 0.2) is 0 Å². The van der Waals surface area contributed by atoms with Gasteiger partial charge in [0, 0.05) is 37.2 Å². The normalized spacial score (nSPS) is 16.9. The molecule has 1 N–H and O–H groups in total. The van der Waals surface area contributed by atoms with Crippen molar-refractivity contribution in [3.05, 3.63) is 47.2 Å². The van der Waals surface area contributed by atoms with Crippen LogP contribution in [0.2, 0.25) is 0 Å². The number of aromatic carboxylic acids is 1. The van der Waals surface area contributed by atoms with E-state index in [1.54, 1.807) is 17.9 Å². The van der Waals surface area contributed by atoms with Crippen LogP contribution in [0, 0.1) is 12.7 Å². The van der Waals surface area contributed by atoms with Crippen molar-refractivity contribution in [2.45, 2.75) is 26.2 Å². The standard InChI is InChI=1S/C18H18FN3O3/c1-10-20-16(12-5-6-22(9-12)11(2)23)8-17(21-10)15-7-13(19)3-4-14(15)18(24)25/h3-4,7-8,12H,5-6,9H2,1-2H3,(H,24,25)/t12-/m1/s1. The zero-order valence-corrected chi connectivity index (χ0v) is 14.0. The van der Waals surface area contributed by atoms with E-state index in [1.807, 2.05) is 0 Å². The number of rotatable bonds is 3. The highest BCUT2D eigenvalue weighted by atomic mass is 19.1. The van der Waals surface area contributed by atoms with E-state index in [-0.39, 0.29) is 23.0 Å². The first kappa shape index (κ1) is 17.0. The highest BCUT2D eigenvalue weighted by Gasteiger charge is 2.27. The van der Waals surface area contributed by atoms with E-state index in [9.17, 15) is 19.1 Å². The van der Waals surface area contributed by atoms with Crippen LogP contribution in [0.15, 0.2) is 24.3 Å². The number of carboxylic acid groups (broad SMARTS) is 1. The SMILES string of the molecule is CC(=O)N1CC[C@@H](c2cc(-c3cc(F)ccc3C(=O)O)nc(C)n2)C1. The molecule has 0 radical (unpaired) electrons. The first-order valence-electron chi connectivity index (χ1n) is 7.99. The molecule has 1 aromatic carbocycles. The summed E-state index contributed by atoms with van der Waals surface area (Å²) in [4.78, 5) is 33.5. The molecular formula is C18H18FN3O3. The lowest BCUT2D eigenvalue weighted by atomic mass is 9.99. The maximum atomic E-state index is 13.7. The lowest BCUT2D eigenvalue weighted by Gasteiger charge is -2.15. The summed E-state index contributed by atoms with van der Waals surface area (Å²) in [5.74, 6) is -1.11. The van der Waals surface area contributed by atoms with Crippen LogP contribution in [0.1, 0.15) is 41.1 Å². The molecule has 1 aliphatic rings. The summed E-state index contributed by atoms with van der Waals surface area (Å²) in [6, 6.07) is 5.22. The van der Waals surface area contributed by atoms with Crippen molar-refractivity contribution < 1.29 is 19.1 Å². The molecule has 1 aromatic heterocycles. The lowest BCUT2D eigenvalue weighted by molar-refractivity contribution is -0.127. The molecule has 7 heteroatoms. The lowest BCUT2D eigenvalue weighted by Crippen LogP contribution is -2.25. The Bertz CT molecular complexity index is 853. The number of hydrogen-bond donors (Lipinski definition) is 1. The molecule has 0 unspecified atom stereocenters. The molecule has 0 saturated carbocycles. The van der Waals surface area contributed by atoms with Crippen LogP contribution in [0.4, 0.5) is 4.39 Å². The second kappa shape index (κ2) is 6.58. The summed E-state index contributed by atoms with van der Waals surface area (Å²) in [6.07, 6.45) is 0.782. The number of amides is 1. The van der Waals surface area contributed by atoms with Gasteiger partial charge in [0.05, 0.1) is 11.3 Å². The number of carboxylic acids is 1. The van der Waals surface area contributed by atoms with Gasteiger partial charge in [0.25, 0.3) is 0 Å². The second-order valence-electron chi connectivity index (χ2n) is 6.17. The van der Waals surface area contributed by atoms with Gasteiger partial charge < -0.3 is 10.0 Å². The predicted octanol–water partition coefficient (Wildman–Crippen LogP) is 2.63. The molecule has 1 amide bonds. The fraction of sp³-hybridized carbons (Fsp3) is 0.333. The first-order chi connectivity index (χ1) is 11.8. The number of carbonyl (C=O) groups is 2. The van der Waals surface area contributed by atoms with E-state index in [2.05, 4.69) is 9.97 Å². The Kier molecular flexibility index (Phi) is 4.48. The molecule has 1 saturated heterocycles. The molecule has 6 nitrogen and oxygen atoms in total. The smallest absolute Gasteiger partial charge is 0.336 e. The molecule has 25 heavy (non-hydrogen) atoms. The highest BCUT2D eigenvalue weighted by molar-refractivity contribution is 5.95. The summed E-state index contributed by atoms with van der Waals surface area (Å²) < 4.78 is 13.7. The minimum atomic E-state index is -1.14. The Morgan fingerprint density at radius 1 is 1.28 bits per heavy atom.